The molecule has 1 fully saturated rings. The number of fused-ring (bicyclic) bond motifs is 1. The van der Waals surface area contributed by atoms with Crippen LogP contribution in [-0.2, 0) is 39.7 Å². The van der Waals surface area contributed by atoms with Crippen LogP contribution in [0.25, 0.3) is 10.8 Å². The third-order valence-corrected chi connectivity index (χ3v) is 10.0. The summed E-state index contributed by atoms with van der Waals surface area (Å²) >= 11 is 0. The molecule has 0 unspecified atom stereocenters. The molecule has 1 N–H and O–H groups in total. The van der Waals surface area contributed by atoms with Gasteiger partial charge in [0.05, 0.1) is 41.7 Å². The Morgan fingerprint density at radius 1 is 1.24 bits per heavy atom. The van der Waals surface area contributed by atoms with Crippen molar-refractivity contribution in [2.75, 3.05) is 6.54 Å². The Hall–Kier alpha value is -3.54. The molecule has 3 aliphatic rings. The van der Waals surface area contributed by atoms with Crippen molar-refractivity contribution in [3.05, 3.63) is 71.4 Å². The van der Waals surface area contributed by atoms with Crippen LogP contribution in [0.15, 0.2) is 65.2 Å². The van der Waals surface area contributed by atoms with Crippen molar-refractivity contribution in [3.8, 4) is 0 Å². The number of benzene rings is 2. The first-order valence-corrected chi connectivity index (χ1v) is 13.9. The number of β-lactam (4-membered cyclic amide) rings is 1. The average molecular weight is 537 g/mol. The molecule has 0 saturated carbocycles. The minimum absolute atomic E-state index is 0.0730. The van der Waals surface area contributed by atoms with Crippen molar-refractivity contribution in [2.24, 2.45) is 18.9 Å². The molecule has 0 aliphatic carbocycles. The Morgan fingerprint density at radius 2 is 2.00 bits per heavy atom. The highest BCUT2D eigenvalue weighted by Gasteiger charge is 2.58. The Morgan fingerprint density at radius 3 is 2.66 bits per heavy atom. The maximum atomic E-state index is 13.9. The normalized spacial score (nSPS) is 25.0. The minimum atomic E-state index is -3.97. The van der Waals surface area contributed by atoms with E-state index in [1.165, 1.54) is 11.2 Å². The number of aliphatic hydroxyl groups excluding tert-OH is 1. The summed E-state index contributed by atoms with van der Waals surface area (Å²) in [5.74, 6) is -3.18. The minimum Gasteiger partial charge on any atom is -0.543 e. The van der Waals surface area contributed by atoms with Gasteiger partial charge in [0.25, 0.3) is 0 Å². The van der Waals surface area contributed by atoms with E-state index in [9.17, 15) is 28.2 Å². The molecular formula is C27H28N4O6S. The van der Waals surface area contributed by atoms with Crippen LogP contribution in [0.3, 0.4) is 0 Å². The van der Waals surface area contributed by atoms with Crippen LogP contribution < -0.4 is 9.67 Å². The molecule has 6 rings (SSSR count). The molecule has 0 radical (unpaired) electrons. The van der Waals surface area contributed by atoms with Gasteiger partial charge in [-0.15, -0.1) is 0 Å². The lowest BCUT2D eigenvalue weighted by Gasteiger charge is -2.47. The number of aliphatic hydroxyl groups is 1. The number of amides is 1. The van der Waals surface area contributed by atoms with Gasteiger partial charge in [-0.1, -0.05) is 31.2 Å². The van der Waals surface area contributed by atoms with E-state index in [0.29, 0.717) is 17.5 Å². The molecule has 1 aromatic heterocycles. The first-order chi connectivity index (χ1) is 18.0. The van der Waals surface area contributed by atoms with Crippen molar-refractivity contribution in [1.82, 2.24) is 13.8 Å². The Kier molecular flexibility index (Phi) is 5.53. The van der Waals surface area contributed by atoms with Crippen LogP contribution in [0.2, 0.25) is 0 Å². The maximum absolute atomic E-state index is 13.9. The van der Waals surface area contributed by atoms with Gasteiger partial charge in [0.1, 0.15) is 18.9 Å². The number of rotatable bonds is 6. The number of hydrogen-bond acceptors (Lipinski definition) is 6. The summed E-state index contributed by atoms with van der Waals surface area (Å²) in [5.41, 5.74) is 1.86. The van der Waals surface area contributed by atoms with E-state index >= 15 is 0 Å². The van der Waals surface area contributed by atoms with Crippen LogP contribution in [-0.4, -0.2) is 57.9 Å². The third-order valence-electron chi connectivity index (χ3n) is 8.18. The standard InChI is InChI=1S/C27H28N4O6S/c1-15-20(25(27(34)35)31-24(15)22(16(2)32)26(31)33)13-30-12-18-5-4-6-19-17(11-29-10-9-28(3)14-29)7-8-21(23(18)19)38(30,36)37/h4-10,14-16,22,24,32H,11-13H2,1-3H3/t15-,16+,22+,24+/m0/s1. The van der Waals surface area contributed by atoms with Crippen molar-refractivity contribution in [3.63, 3.8) is 0 Å². The van der Waals surface area contributed by atoms with Crippen LogP contribution in [0.1, 0.15) is 25.0 Å². The Bertz CT molecular complexity index is 1660. The molecule has 38 heavy (non-hydrogen) atoms. The van der Waals surface area contributed by atoms with Crippen LogP contribution in [0.5, 0.6) is 0 Å². The number of hydrogen-bond donors (Lipinski definition) is 1. The third kappa shape index (κ3) is 3.45. The number of carbonyl (C=O) groups is 2. The van der Waals surface area contributed by atoms with E-state index in [-0.39, 0.29) is 23.7 Å². The summed E-state index contributed by atoms with van der Waals surface area (Å²) in [7, 11) is -2.04. The number of imidazole rings is 1. The molecule has 1 amide bonds. The molecule has 11 heteroatoms. The van der Waals surface area contributed by atoms with Gasteiger partial charge in [0.2, 0.25) is 22.3 Å². The number of carboxylic acids is 1. The highest BCUT2D eigenvalue weighted by Crippen LogP contribution is 2.48. The fourth-order valence-electron chi connectivity index (χ4n) is 6.37. The SMILES string of the molecule is C[C@@H](O)[C@H]1C(=O)N2C(C(=O)[O-])=C(CN3Cc4cccc5c(Cn6cc[n+](C)c6)ccc(c45)S3(=O)=O)[C@H](C)[C@H]12. The molecule has 3 aliphatic heterocycles. The van der Waals surface area contributed by atoms with E-state index in [1.807, 2.05) is 59.2 Å². The van der Waals surface area contributed by atoms with Gasteiger partial charge < -0.3 is 19.9 Å². The fourth-order valence-corrected chi connectivity index (χ4v) is 8.01. The van der Waals surface area contributed by atoms with Gasteiger partial charge in [-0.05, 0) is 29.5 Å². The zero-order valence-electron chi connectivity index (χ0n) is 21.2. The molecule has 4 atom stereocenters. The van der Waals surface area contributed by atoms with E-state index in [1.54, 1.807) is 13.0 Å². The second-order valence-corrected chi connectivity index (χ2v) is 12.4. The number of nitrogens with zero attached hydrogens (tertiary/aromatic N) is 4. The van der Waals surface area contributed by atoms with E-state index in [0.717, 1.165) is 21.4 Å². The smallest absolute Gasteiger partial charge is 0.244 e. The highest BCUT2D eigenvalue weighted by molar-refractivity contribution is 7.89. The van der Waals surface area contributed by atoms with Gasteiger partial charge in [-0.25, -0.2) is 17.6 Å². The predicted octanol–water partition coefficient (Wildman–Crippen LogP) is -0.120. The first-order valence-electron chi connectivity index (χ1n) is 12.5. The maximum Gasteiger partial charge on any atom is 0.244 e. The summed E-state index contributed by atoms with van der Waals surface area (Å²) in [4.78, 5) is 26.1. The van der Waals surface area contributed by atoms with E-state index < -0.39 is 45.9 Å². The summed E-state index contributed by atoms with van der Waals surface area (Å²) in [6.07, 6.45) is 4.90. The number of aromatic nitrogens is 2. The van der Waals surface area contributed by atoms with Crippen LogP contribution >= 0.6 is 0 Å². The second kappa shape index (κ2) is 8.48. The van der Waals surface area contributed by atoms with Crippen LogP contribution in [0, 0.1) is 11.8 Å². The zero-order valence-corrected chi connectivity index (χ0v) is 22.1. The lowest BCUT2D eigenvalue weighted by atomic mass is 9.78. The van der Waals surface area contributed by atoms with E-state index in [2.05, 4.69) is 0 Å². The fraction of sp³-hybridized carbons (Fsp3) is 0.370. The largest absolute Gasteiger partial charge is 0.543 e. The van der Waals surface area contributed by atoms with Gasteiger partial charge in [0.15, 0.2) is 0 Å². The molecule has 0 bridgehead atoms. The van der Waals surface area contributed by atoms with Crippen molar-refractivity contribution in [2.45, 2.75) is 44.0 Å². The number of carbonyl (C=O) groups excluding carboxylic acids is 2. The molecule has 2 aromatic carbocycles. The summed E-state index contributed by atoms with van der Waals surface area (Å²) < 4.78 is 33.0. The van der Waals surface area contributed by atoms with Gasteiger partial charge >= 0.3 is 0 Å². The Labute approximate surface area is 220 Å². The summed E-state index contributed by atoms with van der Waals surface area (Å²) in [6.45, 7) is 3.74. The summed E-state index contributed by atoms with van der Waals surface area (Å²) in [6, 6.07) is 8.63. The molecule has 1 saturated heterocycles. The summed E-state index contributed by atoms with van der Waals surface area (Å²) in [5, 5.41) is 23.8. The molecular weight excluding hydrogens is 508 g/mol. The first kappa shape index (κ1) is 24.8. The Balaban J connectivity index is 1.38. The van der Waals surface area contributed by atoms with Crippen LogP contribution in [0.4, 0.5) is 0 Å². The van der Waals surface area contributed by atoms with Gasteiger partial charge in [0, 0.05) is 30.0 Å². The van der Waals surface area contributed by atoms with Crippen molar-refractivity contribution < 1.29 is 32.8 Å². The van der Waals surface area contributed by atoms with Gasteiger partial charge in [-0.2, -0.15) is 4.31 Å². The monoisotopic (exact) mass is 536 g/mol. The lowest BCUT2D eigenvalue weighted by molar-refractivity contribution is -0.671. The number of aliphatic carboxylic acids is 1. The highest BCUT2D eigenvalue weighted by atomic mass is 32.2. The number of carboxylic acid groups (broad SMARTS) is 1. The van der Waals surface area contributed by atoms with Gasteiger partial charge in [-0.3, -0.25) is 4.79 Å². The van der Waals surface area contributed by atoms with E-state index in [4.69, 9.17) is 0 Å². The molecule has 10 nitrogen and oxygen atoms in total. The topological polar surface area (TPSA) is 127 Å². The molecule has 198 valence electrons. The molecule has 4 heterocycles. The molecule has 0 spiro atoms. The zero-order chi connectivity index (χ0) is 27.1. The van der Waals surface area contributed by atoms with Crippen molar-refractivity contribution >= 4 is 32.7 Å². The lowest BCUT2D eigenvalue weighted by Crippen LogP contribution is -2.64. The quantitative estimate of drug-likeness (QED) is 0.346. The average Bonchev–Trinajstić information content (AvgIpc) is 3.36. The predicted molar refractivity (Wildman–Crippen MR) is 133 cm³/mol. The van der Waals surface area contributed by atoms with Crippen molar-refractivity contribution in [1.29, 1.82) is 0 Å². The number of sulfonamides is 1. The number of aryl methyl sites for hydroxylation is 1. The molecule has 3 aromatic rings. The second-order valence-electron chi connectivity index (χ2n) is 10.5.